The molecule has 1 amide bonds. The average molecular weight is 430 g/mol. The van der Waals surface area contributed by atoms with Crippen molar-refractivity contribution in [2.45, 2.75) is 17.4 Å². The van der Waals surface area contributed by atoms with E-state index in [2.05, 4.69) is 21.5 Å². The molecule has 0 spiro atoms. The first kappa shape index (κ1) is 20.0. The molecule has 152 valence electrons. The van der Waals surface area contributed by atoms with Crippen molar-refractivity contribution in [3.8, 4) is 11.5 Å². The minimum Gasteiger partial charge on any atom is -0.486 e. The molecule has 6 nitrogen and oxygen atoms in total. The number of thioether (sulfide) groups is 2. The lowest BCUT2D eigenvalue weighted by Gasteiger charge is -2.19. The summed E-state index contributed by atoms with van der Waals surface area (Å²) in [5.74, 6) is 3.55. The molecule has 1 atom stereocenters. The largest absolute Gasteiger partial charge is 0.486 e. The molecule has 3 aromatic rings. The quantitative estimate of drug-likeness (QED) is 0.527. The Balaban J connectivity index is 1.40. The van der Waals surface area contributed by atoms with E-state index in [0.29, 0.717) is 19.0 Å². The third kappa shape index (κ3) is 5.00. The van der Waals surface area contributed by atoms with E-state index in [-0.39, 0.29) is 11.9 Å². The van der Waals surface area contributed by atoms with E-state index in [0.717, 1.165) is 45.4 Å². The second kappa shape index (κ2) is 9.45. The van der Waals surface area contributed by atoms with Crippen LogP contribution in [0.3, 0.4) is 0 Å². The Labute approximate surface area is 178 Å². The van der Waals surface area contributed by atoms with Crippen molar-refractivity contribution in [3.63, 3.8) is 0 Å². The lowest BCUT2D eigenvalue weighted by molar-refractivity contribution is -0.119. The second-order valence-electron chi connectivity index (χ2n) is 6.63. The fourth-order valence-corrected chi connectivity index (χ4v) is 4.36. The molecule has 29 heavy (non-hydrogen) atoms. The van der Waals surface area contributed by atoms with E-state index in [1.54, 1.807) is 11.8 Å². The standard InChI is InChI=1S/C21H23N3O3S2/c1-28-11-8-17(21-23-15-4-2-3-5-16(15)24-21)22-20(25)13-29-14-6-7-18-19(12-14)27-10-9-26-18/h2-7,12,17H,8-11,13H2,1H3,(H,22,25)(H,23,24). The summed E-state index contributed by atoms with van der Waals surface area (Å²) in [7, 11) is 0. The number of para-hydroxylation sites is 2. The first-order valence-corrected chi connectivity index (χ1v) is 11.9. The molecule has 2 N–H and O–H groups in total. The van der Waals surface area contributed by atoms with Crippen molar-refractivity contribution in [1.29, 1.82) is 0 Å². The summed E-state index contributed by atoms with van der Waals surface area (Å²) in [6, 6.07) is 13.5. The highest BCUT2D eigenvalue weighted by Crippen LogP contribution is 2.34. The molecule has 1 aliphatic rings. The lowest BCUT2D eigenvalue weighted by atomic mass is 10.2. The monoisotopic (exact) mass is 429 g/mol. The van der Waals surface area contributed by atoms with Gasteiger partial charge in [-0.25, -0.2) is 4.98 Å². The van der Waals surface area contributed by atoms with Gasteiger partial charge in [-0.3, -0.25) is 4.79 Å². The summed E-state index contributed by atoms with van der Waals surface area (Å²) in [4.78, 5) is 21.6. The van der Waals surface area contributed by atoms with Gasteiger partial charge in [-0.05, 0) is 48.8 Å². The number of rotatable bonds is 8. The number of aromatic nitrogens is 2. The zero-order chi connectivity index (χ0) is 20.1. The topological polar surface area (TPSA) is 76.2 Å². The normalized spacial score (nSPS) is 14.0. The summed E-state index contributed by atoms with van der Waals surface area (Å²) >= 11 is 3.24. The van der Waals surface area contributed by atoms with Gasteiger partial charge in [0.2, 0.25) is 5.91 Å². The number of nitrogens with one attached hydrogen (secondary N) is 2. The molecule has 8 heteroatoms. The van der Waals surface area contributed by atoms with E-state index >= 15 is 0 Å². The molecule has 0 aliphatic carbocycles. The van der Waals surface area contributed by atoms with Gasteiger partial charge in [0.1, 0.15) is 19.0 Å². The predicted molar refractivity (Wildman–Crippen MR) is 118 cm³/mol. The van der Waals surface area contributed by atoms with Gasteiger partial charge in [0, 0.05) is 4.90 Å². The number of carbonyl (C=O) groups excluding carboxylic acids is 1. The van der Waals surface area contributed by atoms with Gasteiger partial charge < -0.3 is 19.8 Å². The van der Waals surface area contributed by atoms with Gasteiger partial charge in [-0.15, -0.1) is 11.8 Å². The van der Waals surface area contributed by atoms with Gasteiger partial charge in [0.15, 0.2) is 11.5 Å². The van der Waals surface area contributed by atoms with Crippen molar-refractivity contribution < 1.29 is 14.3 Å². The molecular formula is C21H23N3O3S2. The highest BCUT2D eigenvalue weighted by Gasteiger charge is 2.19. The zero-order valence-electron chi connectivity index (χ0n) is 16.1. The number of aromatic amines is 1. The van der Waals surface area contributed by atoms with Gasteiger partial charge in [0.05, 0.1) is 22.8 Å². The number of H-pyrrole nitrogens is 1. The van der Waals surface area contributed by atoms with Gasteiger partial charge in [-0.2, -0.15) is 11.8 Å². The van der Waals surface area contributed by atoms with Crippen LogP contribution < -0.4 is 14.8 Å². The van der Waals surface area contributed by atoms with Crippen LogP contribution in [0.2, 0.25) is 0 Å². The van der Waals surface area contributed by atoms with E-state index in [1.165, 1.54) is 11.8 Å². The molecule has 0 radical (unpaired) electrons. The maximum absolute atomic E-state index is 12.6. The summed E-state index contributed by atoms with van der Waals surface area (Å²) in [5.41, 5.74) is 1.90. The molecule has 1 aliphatic heterocycles. The zero-order valence-corrected chi connectivity index (χ0v) is 17.8. The molecule has 0 saturated carbocycles. The number of imidazole rings is 1. The van der Waals surface area contributed by atoms with Gasteiger partial charge >= 0.3 is 0 Å². The molecule has 0 fully saturated rings. The van der Waals surface area contributed by atoms with Crippen LogP contribution in [-0.2, 0) is 4.79 Å². The average Bonchev–Trinajstić information content (AvgIpc) is 3.19. The minimum atomic E-state index is -0.136. The Hall–Kier alpha value is -2.32. The summed E-state index contributed by atoms with van der Waals surface area (Å²) in [6.07, 6.45) is 2.89. The number of hydrogen-bond donors (Lipinski definition) is 2. The second-order valence-corrected chi connectivity index (χ2v) is 8.67. The van der Waals surface area contributed by atoms with Crippen molar-refractivity contribution >= 4 is 40.5 Å². The van der Waals surface area contributed by atoms with Crippen LogP contribution >= 0.6 is 23.5 Å². The van der Waals surface area contributed by atoms with E-state index in [4.69, 9.17) is 9.47 Å². The van der Waals surface area contributed by atoms with Crippen LogP contribution in [0.15, 0.2) is 47.4 Å². The summed E-state index contributed by atoms with van der Waals surface area (Å²) in [6.45, 7) is 1.12. The Morgan fingerprint density at radius 2 is 2.03 bits per heavy atom. The van der Waals surface area contributed by atoms with Crippen molar-refractivity contribution in [1.82, 2.24) is 15.3 Å². The fraction of sp³-hybridized carbons (Fsp3) is 0.333. The first-order valence-electron chi connectivity index (χ1n) is 9.48. The summed E-state index contributed by atoms with van der Waals surface area (Å²) in [5, 5.41) is 3.14. The van der Waals surface area contributed by atoms with Gasteiger partial charge in [0.25, 0.3) is 0 Å². The third-order valence-electron chi connectivity index (χ3n) is 4.57. The number of carbonyl (C=O) groups is 1. The molecule has 0 bridgehead atoms. The van der Waals surface area contributed by atoms with E-state index in [1.807, 2.05) is 42.5 Å². The Kier molecular flexibility index (Phi) is 6.51. The Morgan fingerprint density at radius 3 is 2.86 bits per heavy atom. The van der Waals surface area contributed by atoms with Crippen molar-refractivity contribution in [2.75, 3.05) is 31.0 Å². The van der Waals surface area contributed by atoms with Crippen LogP contribution in [0.4, 0.5) is 0 Å². The third-order valence-corrected chi connectivity index (χ3v) is 6.20. The number of ether oxygens (including phenoxy) is 2. The SMILES string of the molecule is CSCCC(NC(=O)CSc1ccc2c(c1)OCCO2)c1nc2ccccc2[nH]1. The number of benzene rings is 2. The molecule has 0 saturated heterocycles. The fourth-order valence-electron chi connectivity index (χ4n) is 3.15. The van der Waals surface area contributed by atoms with E-state index in [9.17, 15) is 4.79 Å². The van der Waals surface area contributed by atoms with Crippen LogP contribution in [-0.4, -0.2) is 46.9 Å². The molecule has 2 aromatic carbocycles. The van der Waals surface area contributed by atoms with Crippen LogP contribution in [0.1, 0.15) is 18.3 Å². The number of hydrogen-bond acceptors (Lipinski definition) is 6. The lowest BCUT2D eigenvalue weighted by Crippen LogP contribution is -2.31. The molecule has 4 rings (SSSR count). The number of amides is 1. The van der Waals surface area contributed by atoms with Crippen molar-refractivity contribution in [3.05, 3.63) is 48.3 Å². The maximum Gasteiger partial charge on any atom is 0.230 e. The smallest absolute Gasteiger partial charge is 0.230 e. The Morgan fingerprint density at radius 1 is 1.21 bits per heavy atom. The number of fused-ring (bicyclic) bond motifs is 2. The predicted octanol–water partition coefficient (Wildman–Crippen LogP) is 4.04. The first-order chi connectivity index (χ1) is 14.2. The summed E-state index contributed by atoms with van der Waals surface area (Å²) < 4.78 is 11.2. The Bertz CT molecular complexity index is 959. The van der Waals surface area contributed by atoms with Gasteiger partial charge in [-0.1, -0.05) is 12.1 Å². The number of nitrogens with zero attached hydrogens (tertiary/aromatic N) is 1. The minimum absolute atomic E-state index is 0.0172. The van der Waals surface area contributed by atoms with Crippen LogP contribution in [0.25, 0.3) is 11.0 Å². The van der Waals surface area contributed by atoms with Crippen molar-refractivity contribution in [2.24, 2.45) is 0 Å². The molecule has 1 unspecified atom stereocenters. The van der Waals surface area contributed by atoms with Crippen LogP contribution in [0.5, 0.6) is 11.5 Å². The highest BCUT2D eigenvalue weighted by molar-refractivity contribution is 8.00. The molecular weight excluding hydrogens is 406 g/mol. The van der Waals surface area contributed by atoms with E-state index < -0.39 is 0 Å². The molecule has 2 heterocycles. The maximum atomic E-state index is 12.6. The van der Waals surface area contributed by atoms with Crippen LogP contribution in [0, 0.1) is 0 Å². The molecule has 1 aromatic heterocycles. The highest BCUT2D eigenvalue weighted by atomic mass is 32.2.